The Kier molecular flexibility index (Phi) is 5.76. The van der Waals surface area contributed by atoms with Crippen LogP contribution in [0.3, 0.4) is 0 Å². The van der Waals surface area contributed by atoms with Gasteiger partial charge in [-0.15, -0.1) is 10.2 Å². The number of rotatable bonds is 7. The first-order valence-corrected chi connectivity index (χ1v) is 9.38. The molecule has 0 aliphatic heterocycles. The Morgan fingerprint density at radius 1 is 1.24 bits per heavy atom. The number of hydrogen-bond donors (Lipinski definition) is 1. The van der Waals surface area contributed by atoms with Gasteiger partial charge in [0.1, 0.15) is 5.56 Å². The maximum atomic E-state index is 13.2. The average molecular weight is 371 g/mol. The Balaban J connectivity index is 2.57. The van der Waals surface area contributed by atoms with E-state index in [0.29, 0.717) is 0 Å². The number of fused-ring (bicyclic) bond motifs is 1. The topological polar surface area (TPSA) is 131 Å². The highest BCUT2D eigenvalue weighted by Crippen LogP contribution is 2.49. The van der Waals surface area contributed by atoms with Crippen molar-refractivity contribution in [3.63, 3.8) is 0 Å². The Hall–Kier alpha value is -2.03. The molecule has 11 heteroatoms. The standard InChI is InChI=1S/C14H22N5O5P/c1-6-22-14(20)10-7-16-19-11(15)13(18-17-12(10)19)25(21,23-8(2)3)24-9(4)5/h7-9H,6,15H2,1-5H3. The van der Waals surface area contributed by atoms with Gasteiger partial charge in [-0.1, -0.05) is 0 Å². The van der Waals surface area contributed by atoms with Crippen LogP contribution in [0.1, 0.15) is 45.0 Å². The lowest BCUT2D eigenvalue weighted by molar-refractivity contribution is 0.0528. The van der Waals surface area contributed by atoms with Gasteiger partial charge in [-0.3, -0.25) is 4.57 Å². The zero-order chi connectivity index (χ0) is 18.8. The third-order valence-electron chi connectivity index (χ3n) is 2.89. The van der Waals surface area contributed by atoms with E-state index in [0.717, 1.165) is 4.52 Å². The van der Waals surface area contributed by atoms with Crippen molar-refractivity contribution in [1.82, 2.24) is 19.8 Å². The number of nitrogen functional groups attached to an aromatic ring is 1. The van der Waals surface area contributed by atoms with Gasteiger partial charge in [0.2, 0.25) is 5.44 Å². The van der Waals surface area contributed by atoms with Gasteiger partial charge in [0.25, 0.3) is 0 Å². The van der Waals surface area contributed by atoms with Crippen molar-refractivity contribution in [2.75, 3.05) is 12.3 Å². The molecule has 2 N–H and O–H groups in total. The summed E-state index contributed by atoms with van der Waals surface area (Å²) in [6, 6.07) is 0. The summed E-state index contributed by atoms with van der Waals surface area (Å²) in [4.78, 5) is 11.9. The number of carbonyl (C=O) groups is 1. The van der Waals surface area contributed by atoms with E-state index in [1.165, 1.54) is 6.20 Å². The molecule has 0 bridgehead atoms. The zero-order valence-corrected chi connectivity index (χ0v) is 15.7. The van der Waals surface area contributed by atoms with E-state index in [1.54, 1.807) is 34.6 Å². The van der Waals surface area contributed by atoms with E-state index in [-0.39, 0.29) is 29.1 Å². The van der Waals surface area contributed by atoms with Crippen LogP contribution in [-0.2, 0) is 18.3 Å². The summed E-state index contributed by atoms with van der Waals surface area (Å²) in [7, 11) is -3.83. The highest BCUT2D eigenvalue weighted by Gasteiger charge is 2.37. The minimum Gasteiger partial charge on any atom is -0.462 e. The fourth-order valence-corrected chi connectivity index (χ4v) is 3.97. The Labute approximate surface area is 145 Å². The molecule has 0 unspecified atom stereocenters. The van der Waals surface area contributed by atoms with Crippen LogP contribution in [0.15, 0.2) is 6.20 Å². The molecule has 0 aliphatic rings. The van der Waals surface area contributed by atoms with E-state index in [9.17, 15) is 9.36 Å². The second-order valence-electron chi connectivity index (χ2n) is 5.73. The lowest BCUT2D eigenvalue weighted by Gasteiger charge is -2.22. The summed E-state index contributed by atoms with van der Waals surface area (Å²) in [5.41, 5.74) is 6.11. The molecule has 0 fully saturated rings. The van der Waals surface area contributed by atoms with Gasteiger partial charge >= 0.3 is 13.6 Å². The summed E-state index contributed by atoms with van der Waals surface area (Å²) in [5.74, 6) is -0.677. The number of anilines is 1. The van der Waals surface area contributed by atoms with Crippen LogP contribution in [0.4, 0.5) is 5.82 Å². The van der Waals surface area contributed by atoms with E-state index in [1.807, 2.05) is 0 Å². The highest BCUT2D eigenvalue weighted by molar-refractivity contribution is 7.62. The van der Waals surface area contributed by atoms with Gasteiger partial charge < -0.3 is 19.5 Å². The fraction of sp³-hybridized carbons (Fsp3) is 0.571. The first kappa shape index (κ1) is 19.3. The number of esters is 1. The minimum atomic E-state index is -3.83. The summed E-state index contributed by atoms with van der Waals surface area (Å²) in [6.07, 6.45) is 0.475. The number of nitrogens with two attached hydrogens (primary N) is 1. The third kappa shape index (κ3) is 3.97. The molecule has 25 heavy (non-hydrogen) atoms. The molecule has 2 heterocycles. The highest BCUT2D eigenvalue weighted by atomic mass is 31.2. The van der Waals surface area contributed by atoms with Crippen molar-refractivity contribution >= 4 is 30.5 Å². The fourth-order valence-electron chi connectivity index (χ4n) is 2.08. The van der Waals surface area contributed by atoms with Crippen LogP contribution in [0, 0.1) is 0 Å². The second-order valence-corrected chi connectivity index (χ2v) is 7.57. The predicted molar refractivity (Wildman–Crippen MR) is 90.8 cm³/mol. The van der Waals surface area contributed by atoms with Crippen LogP contribution in [0.2, 0.25) is 0 Å². The van der Waals surface area contributed by atoms with Crippen molar-refractivity contribution in [3.05, 3.63) is 11.8 Å². The van der Waals surface area contributed by atoms with Crippen molar-refractivity contribution in [2.45, 2.75) is 46.8 Å². The zero-order valence-electron chi connectivity index (χ0n) is 14.8. The predicted octanol–water partition coefficient (Wildman–Crippen LogP) is 1.55. The van der Waals surface area contributed by atoms with Gasteiger partial charge in [0.15, 0.2) is 11.5 Å². The molecule has 2 aromatic rings. The monoisotopic (exact) mass is 371 g/mol. The lowest BCUT2D eigenvalue weighted by Crippen LogP contribution is -2.26. The molecule has 0 radical (unpaired) electrons. The van der Waals surface area contributed by atoms with E-state index < -0.39 is 25.8 Å². The normalized spacial score (nSPS) is 12.3. The molecule has 138 valence electrons. The van der Waals surface area contributed by atoms with Crippen LogP contribution in [0.25, 0.3) is 5.65 Å². The summed E-state index contributed by atoms with van der Waals surface area (Å²) >= 11 is 0. The number of carbonyl (C=O) groups excluding carboxylic acids is 1. The van der Waals surface area contributed by atoms with Crippen LogP contribution >= 0.6 is 7.60 Å². The van der Waals surface area contributed by atoms with Crippen LogP contribution < -0.4 is 11.2 Å². The smallest absolute Gasteiger partial charge is 0.385 e. The summed E-state index contributed by atoms with van der Waals surface area (Å²) in [5, 5.41) is 11.8. The number of hydrogen-bond acceptors (Lipinski definition) is 9. The van der Waals surface area contributed by atoms with Crippen LogP contribution in [0.5, 0.6) is 0 Å². The van der Waals surface area contributed by atoms with Gasteiger partial charge in [0.05, 0.1) is 25.0 Å². The molecule has 0 saturated heterocycles. The molecule has 0 aromatic carbocycles. The quantitative estimate of drug-likeness (QED) is 0.569. The number of aromatic nitrogens is 4. The molecule has 2 rings (SSSR count). The Morgan fingerprint density at radius 2 is 1.84 bits per heavy atom. The average Bonchev–Trinajstić information content (AvgIpc) is 2.90. The van der Waals surface area contributed by atoms with Gasteiger partial charge in [-0.25, -0.2) is 4.79 Å². The SMILES string of the molecule is CCOC(=O)c1cnn2c(N)c(P(=O)(OC(C)C)OC(C)C)nnc12. The van der Waals surface area contributed by atoms with Gasteiger partial charge in [-0.2, -0.15) is 9.61 Å². The summed E-state index contributed by atoms with van der Waals surface area (Å²) in [6.45, 7) is 8.74. The molecular formula is C14H22N5O5P. The van der Waals surface area contributed by atoms with Crippen molar-refractivity contribution in [1.29, 1.82) is 0 Å². The van der Waals surface area contributed by atoms with Crippen molar-refractivity contribution < 1.29 is 23.1 Å². The first-order chi connectivity index (χ1) is 11.7. The first-order valence-electron chi connectivity index (χ1n) is 7.84. The Morgan fingerprint density at radius 3 is 2.36 bits per heavy atom. The van der Waals surface area contributed by atoms with E-state index in [2.05, 4.69) is 15.3 Å². The molecule has 10 nitrogen and oxygen atoms in total. The molecule has 0 spiro atoms. The molecule has 0 saturated carbocycles. The van der Waals surface area contributed by atoms with Gasteiger partial charge in [-0.05, 0) is 34.6 Å². The van der Waals surface area contributed by atoms with Crippen molar-refractivity contribution in [3.8, 4) is 0 Å². The minimum absolute atomic E-state index is 0.0785. The molecular weight excluding hydrogens is 349 g/mol. The number of ether oxygens (including phenoxy) is 1. The molecule has 0 atom stereocenters. The van der Waals surface area contributed by atoms with Gasteiger partial charge in [0, 0.05) is 0 Å². The summed E-state index contributed by atoms with van der Waals surface area (Å²) < 4.78 is 30.2. The van der Waals surface area contributed by atoms with E-state index >= 15 is 0 Å². The molecule has 0 aliphatic carbocycles. The molecule has 0 amide bonds. The largest absolute Gasteiger partial charge is 0.462 e. The molecule has 2 aromatic heterocycles. The maximum absolute atomic E-state index is 13.2. The lowest BCUT2D eigenvalue weighted by atomic mass is 10.3. The maximum Gasteiger partial charge on any atom is 0.385 e. The Bertz CT molecular complexity index is 805. The van der Waals surface area contributed by atoms with Crippen LogP contribution in [-0.4, -0.2) is 44.6 Å². The van der Waals surface area contributed by atoms with Crippen molar-refractivity contribution in [2.24, 2.45) is 0 Å². The number of nitrogens with zero attached hydrogens (tertiary/aromatic N) is 4. The third-order valence-corrected chi connectivity index (χ3v) is 5.13. The van der Waals surface area contributed by atoms with E-state index in [4.69, 9.17) is 19.5 Å². The second kappa shape index (κ2) is 7.47.